The number of aliphatic imine (C=N–C) groups is 1. The van der Waals surface area contributed by atoms with Crippen molar-refractivity contribution in [1.29, 1.82) is 0 Å². The van der Waals surface area contributed by atoms with Crippen molar-refractivity contribution in [2.75, 3.05) is 20.7 Å². The van der Waals surface area contributed by atoms with Crippen molar-refractivity contribution in [3.05, 3.63) is 17.8 Å². The molecule has 0 unspecified atom stereocenters. The standard InChI is InChI=1S/C14H24N4O3.HI/c1-14(2,3)10-8-17-11(21-10)9-18-13(15-4)16-7-6-12(19)20-5;/h8H,6-7,9H2,1-5H3,(H2,15,16,18);1H. The largest absolute Gasteiger partial charge is 0.469 e. The van der Waals surface area contributed by atoms with Crippen molar-refractivity contribution in [1.82, 2.24) is 15.6 Å². The summed E-state index contributed by atoms with van der Waals surface area (Å²) >= 11 is 0. The first-order valence-corrected chi connectivity index (χ1v) is 6.83. The smallest absolute Gasteiger partial charge is 0.307 e. The fourth-order valence-corrected chi connectivity index (χ4v) is 1.50. The summed E-state index contributed by atoms with van der Waals surface area (Å²) in [5.74, 6) is 1.75. The van der Waals surface area contributed by atoms with Crippen molar-refractivity contribution in [2.45, 2.75) is 39.2 Å². The molecule has 0 atom stereocenters. The summed E-state index contributed by atoms with van der Waals surface area (Å²) in [6, 6.07) is 0. The molecule has 0 aliphatic rings. The first-order valence-electron chi connectivity index (χ1n) is 6.83. The number of halogens is 1. The number of nitrogens with zero attached hydrogens (tertiary/aromatic N) is 2. The van der Waals surface area contributed by atoms with Gasteiger partial charge in [-0.2, -0.15) is 0 Å². The maximum atomic E-state index is 11.0. The molecular formula is C14H25IN4O3. The van der Waals surface area contributed by atoms with Gasteiger partial charge in [0, 0.05) is 19.0 Å². The van der Waals surface area contributed by atoms with E-state index in [4.69, 9.17) is 4.42 Å². The summed E-state index contributed by atoms with van der Waals surface area (Å²) in [4.78, 5) is 19.3. The highest BCUT2D eigenvalue weighted by Crippen LogP contribution is 2.22. The number of hydrogen-bond acceptors (Lipinski definition) is 5. The van der Waals surface area contributed by atoms with Gasteiger partial charge in [0.1, 0.15) is 5.76 Å². The van der Waals surface area contributed by atoms with Crippen LogP contribution in [0.3, 0.4) is 0 Å². The molecule has 0 fully saturated rings. The molecule has 0 spiro atoms. The van der Waals surface area contributed by atoms with E-state index in [0.717, 1.165) is 5.76 Å². The zero-order valence-electron chi connectivity index (χ0n) is 13.7. The van der Waals surface area contributed by atoms with Crippen LogP contribution in [0.25, 0.3) is 0 Å². The van der Waals surface area contributed by atoms with Crippen molar-refractivity contribution in [3.63, 3.8) is 0 Å². The van der Waals surface area contributed by atoms with Crippen LogP contribution < -0.4 is 10.6 Å². The van der Waals surface area contributed by atoms with E-state index in [2.05, 4.69) is 46.1 Å². The van der Waals surface area contributed by atoms with Crippen LogP contribution in [0.1, 0.15) is 38.8 Å². The Kier molecular flexibility index (Phi) is 9.07. The Balaban J connectivity index is 0.00000441. The van der Waals surface area contributed by atoms with Gasteiger partial charge in [-0.3, -0.25) is 9.79 Å². The number of oxazole rings is 1. The second kappa shape index (κ2) is 9.65. The van der Waals surface area contributed by atoms with Crippen molar-refractivity contribution >= 4 is 35.9 Å². The maximum absolute atomic E-state index is 11.0. The minimum Gasteiger partial charge on any atom is -0.469 e. The summed E-state index contributed by atoms with van der Waals surface area (Å²) in [7, 11) is 3.02. The molecule has 7 nitrogen and oxygen atoms in total. The Morgan fingerprint density at radius 1 is 1.41 bits per heavy atom. The molecule has 126 valence electrons. The molecule has 0 saturated heterocycles. The van der Waals surface area contributed by atoms with E-state index in [0.29, 0.717) is 24.9 Å². The molecule has 2 N–H and O–H groups in total. The van der Waals surface area contributed by atoms with Crippen LogP contribution >= 0.6 is 24.0 Å². The number of ether oxygens (including phenoxy) is 1. The highest BCUT2D eigenvalue weighted by atomic mass is 127. The summed E-state index contributed by atoms with van der Waals surface area (Å²) in [6.45, 7) is 7.08. The fourth-order valence-electron chi connectivity index (χ4n) is 1.50. The summed E-state index contributed by atoms with van der Waals surface area (Å²) < 4.78 is 10.2. The van der Waals surface area contributed by atoms with Gasteiger partial charge < -0.3 is 19.8 Å². The van der Waals surface area contributed by atoms with Gasteiger partial charge in [-0.1, -0.05) is 20.8 Å². The predicted molar refractivity (Wildman–Crippen MR) is 95.5 cm³/mol. The molecule has 1 aromatic rings. The number of esters is 1. The molecule has 22 heavy (non-hydrogen) atoms. The van der Waals surface area contributed by atoms with E-state index in [9.17, 15) is 4.79 Å². The normalized spacial score (nSPS) is 11.6. The number of carbonyl (C=O) groups excluding carboxylic acids is 1. The number of methoxy groups -OCH3 is 1. The van der Waals surface area contributed by atoms with Crippen LogP contribution in [-0.4, -0.2) is 37.6 Å². The number of nitrogens with one attached hydrogen (secondary N) is 2. The van der Waals surface area contributed by atoms with Gasteiger partial charge in [0.2, 0.25) is 5.89 Å². The Morgan fingerprint density at radius 2 is 2.09 bits per heavy atom. The zero-order chi connectivity index (χ0) is 15.9. The van der Waals surface area contributed by atoms with Gasteiger partial charge in [0.05, 0.1) is 26.3 Å². The predicted octanol–water partition coefficient (Wildman–Crippen LogP) is 1.82. The first-order chi connectivity index (χ1) is 9.86. The Hall–Kier alpha value is -1.32. The van der Waals surface area contributed by atoms with Gasteiger partial charge >= 0.3 is 5.97 Å². The van der Waals surface area contributed by atoms with Crippen LogP contribution in [0.15, 0.2) is 15.6 Å². The molecule has 0 aliphatic heterocycles. The summed E-state index contributed by atoms with van der Waals surface area (Å²) in [6.07, 6.45) is 2.02. The number of carbonyl (C=O) groups is 1. The SMILES string of the molecule is CN=C(NCCC(=O)OC)NCc1ncc(C(C)(C)C)o1.I. The Bertz CT molecular complexity index is 495. The lowest BCUT2D eigenvalue weighted by atomic mass is 9.94. The van der Waals surface area contributed by atoms with Crippen molar-refractivity contribution in [2.24, 2.45) is 4.99 Å². The molecule has 1 rings (SSSR count). The van der Waals surface area contributed by atoms with E-state index in [-0.39, 0.29) is 41.8 Å². The molecule has 0 saturated carbocycles. The zero-order valence-corrected chi connectivity index (χ0v) is 16.1. The van der Waals surface area contributed by atoms with E-state index >= 15 is 0 Å². The van der Waals surface area contributed by atoms with E-state index in [1.54, 1.807) is 13.2 Å². The van der Waals surface area contributed by atoms with Crippen LogP contribution in [0, 0.1) is 0 Å². The summed E-state index contributed by atoms with van der Waals surface area (Å²) in [5.41, 5.74) is -0.0638. The number of hydrogen-bond donors (Lipinski definition) is 2. The second-order valence-electron chi connectivity index (χ2n) is 5.55. The lowest BCUT2D eigenvalue weighted by molar-refractivity contribution is -0.140. The van der Waals surface area contributed by atoms with Gasteiger partial charge in [0.25, 0.3) is 0 Å². The first kappa shape index (κ1) is 20.7. The minimum atomic E-state index is -0.263. The molecule has 8 heteroatoms. The van der Waals surface area contributed by atoms with Gasteiger partial charge in [-0.25, -0.2) is 4.98 Å². The monoisotopic (exact) mass is 424 g/mol. The molecule has 1 heterocycles. The van der Waals surface area contributed by atoms with Crippen molar-refractivity contribution < 1.29 is 13.9 Å². The number of guanidine groups is 1. The lowest BCUT2D eigenvalue weighted by Gasteiger charge is -2.13. The third kappa shape index (κ3) is 7.10. The van der Waals surface area contributed by atoms with Crippen LogP contribution in [-0.2, 0) is 21.5 Å². The molecular weight excluding hydrogens is 399 g/mol. The van der Waals surface area contributed by atoms with Gasteiger partial charge in [-0.05, 0) is 0 Å². The average molecular weight is 424 g/mol. The Morgan fingerprint density at radius 3 is 2.59 bits per heavy atom. The van der Waals surface area contributed by atoms with Crippen molar-refractivity contribution in [3.8, 4) is 0 Å². The highest BCUT2D eigenvalue weighted by molar-refractivity contribution is 14.0. The number of aromatic nitrogens is 1. The molecule has 0 aromatic carbocycles. The second-order valence-corrected chi connectivity index (χ2v) is 5.55. The quantitative estimate of drug-likeness (QED) is 0.325. The van der Waals surface area contributed by atoms with Crippen LogP contribution in [0.4, 0.5) is 0 Å². The molecule has 1 aromatic heterocycles. The van der Waals surface area contributed by atoms with E-state index < -0.39 is 0 Å². The highest BCUT2D eigenvalue weighted by Gasteiger charge is 2.19. The molecule has 0 radical (unpaired) electrons. The third-order valence-corrected chi connectivity index (χ3v) is 2.77. The van der Waals surface area contributed by atoms with Gasteiger partial charge in [0.15, 0.2) is 5.96 Å². The molecule has 0 bridgehead atoms. The topological polar surface area (TPSA) is 88.8 Å². The maximum Gasteiger partial charge on any atom is 0.307 e. The van der Waals surface area contributed by atoms with Gasteiger partial charge in [-0.15, -0.1) is 24.0 Å². The fraction of sp³-hybridized carbons (Fsp3) is 0.643. The lowest BCUT2D eigenvalue weighted by Crippen LogP contribution is -2.38. The molecule has 0 amide bonds. The van der Waals surface area contributed by atoms with E-state index in [1.165, 1.54) is 7.11 Å². The van der Waals surface area contributed by atoms with E-state index in [1.807, 2.05) is 0 Å². The Labute approximate surface area is 148 Å². The minimum absolute atomic E-state index is 0. The number of rotatable bonds is 5. The van der Waals surface area contributed by atoms with Crippen LogP contribution in [0.2, 0.25) is 0 Å². The average Bonchev–Trinajstić information content (AvgIpc) is 2.91. The third-order valence-electron chi connectivity index (χ3n) is 2.77. The van der Waals surface area contributed by atoms with Crippen LogP contribution in [0.5, 0.6) is 0 Å². The summed E-state index contributed by atoms with van der Waals surface area (Å²) in [5, 5.41) is 6.08. The molecule has 0 aliphatic carbocycles.